The van der Waals surface area contributed by atoms with Gasteiger partial charge in [0.1, 0.15) is 11.9 Å². The number of aromatic nitrogens is 5. The summed E-state index contributed by atoms with van der Waals surface area (Å²) in [6.45, 7) is 4.24. The Labute approximate surface area is 172 Å². The SMILES string of the molecule is Cc1ccc(-c2cc(C(=O)N3CC(F)CC3Cn3cc(C(N)=O)nn3)[nH]n2)cc1C. The monoisotopic (exact) mass is 411 g/mol. The minimum absolute atomic E-state index is 0.0150. The molecule has 1 aromatic carbocycles. The van der Waals surface area contributed by atoms with Crippen molar-refractivity contribution in [3.63, 3.8) is 0 Å². The summed E-state index contributed by atoms with van der Waals surface area (Å²) in [4.78, 5) is 25.7. The van der Waals surface area contributed by atoms with Crippen LogP contribution in [0.1, 0.15) is 38.5 Å². The molecule has 0 bridgehead atoms. The fourth-order valence-electron chi connectivity index (χ4n) is 3.63. The maximum atomic E-state index is 14.1. The molecular formula is C20H22FN7O2. The Hall–Kier alpha value is -3.56. The third kappa shape index (κ3) is 3.80. The van der Waals surface area contributed by atoms with Crippen LogP contribution in [-0.2, 0) is 6.54 Å². The molecular weight excluding hydrogens is 389 g/mol. The fourth-order valence-corrected chi connectivity index (χ4v) is 3.63. The smallest absolute Gasteiger partial charge is 0.272 e. The molecule has 2 aromatic heterocycles. The van der Waals surface area contributed by atoms with E-state index in [1.165, 1.54) is 21.3 Å². The van der Waals surface area contributed by atoms with Gasteiger partial charge >= 0.3 is 0 Å². The van der Waals surface area contributed by atoms with E-state index in [9.17, 15) is 14.0 Å². The van der Waals surface area contributed by atoms with Gasteiger partial charge in [0.2, 0.25) is 0 Å². The van der Waals surface area contributed by atoms with Gasteiger partial charge in [0, 0.05) is 12.0 Å². The molecule has 3 aromatic rings. The third-order valence-electron chi connectivity index (χ3n) is 5.42. The number of rotatable bonds is 5. The fraction of sp³-hybridized carbons (Fsp3) is 0.350. The Bertz CT molecular complexity index is 1110. The van der Waals surface area contributed by atoms with Gasteiger partial charge in [-0.05, 0) is 37.1 Å². The summed E-state index contributed by atoms with van der Waals surface area (Å²) in [5, 5.41) is 14.5. The molecule has 30 heavy (non-hydrogen) atoms. The average Bonchev–Trinajstić information content (AvgIpc) is 3.43. The number of primary amides is 1. The first-order valence-electron chi connectivity index (χ1n) is 9.60. The number of nitrogens with zero attached hydrogens (tertiary/aromatic N) is 5. The lowest BCUT2D eigenvalue weighted by Gasteiger charge is -2.23. The summed E-state index contributed by atoms with van der Waals surface area (Å²) < 4.78 is 15.5. The highest BCUT2D eigenvalue weighted by atomic mass is 19.1. The summed E-state index contributed by atoms with van der Waals surface area (Å²) in [5.74, 6) is -1.03. The summed E-state index contributed by atoms with van der Waals surface area (Å²) in [6.07, 6.45) is 0.431. The molecule has 10 heteroatoms. The average molecular weight is 411 g/mol. The Balaban J connectivity index is 1.53. The van der Waals surface area contributed by atoms with Gasteiger partial charge in [0.05, 0.1) is 31.0 Å². The largest absolute Gasteiger partial charge is 0.364 e. The molecule has 0 aliphatic carbocycles. The van der Waals surface area contributed by atoms with Gasteiger partial charge in [0.25, 0.3) is 11.8 Å². The number of H-pyrrole nitrogens is 1. The summed E-state index contributed by atoms with van der Waals surface area (Å²) in [5.41, 5.74) is 9.35. The number of nitrogens with two attached hydrogens (primary N) is 1. The van der Waals surface area contributed by atoms with Crippen molar-refractivity contribution in [1.82, 2.24) is 30.1 Å². The molecule has 3 N–H and O–H groups in total. The maximum Gasteiger partial charge on any atom is 0.272 e. The van der Waals surface area contributed by atoms with Crippen molar-refractivity contribution in [3.05, 3.63) is 53.0 Å². The van der Waals surface area contributed by atoms with E-state index in [0.717, 1.165) is 11.1 Å². The third-order valence-corrected chi connectivity index (χ3v) is 5.42. The van der Waals surface area contributed by atoms with E-state index in [1.54, 1.807) is 6.07 Å². The van der Waals surface area contributed by atoms with Crippen LogP contribution in [0.3, 0.4) is 0 Å². The number of halogens is 1. The van der Waals surface area contributed by atoms with E-state index >= 15 is 0 Å². The van der Waals surface area contributed by atoms with Gasteiger partial charge in [-0.2, -0.15) is 5.10 Å². The number of likely N-dealkylation sites (tertiary alicyclic amines) is 1. The number of hydrogen-bond acceptors (Lipinski definition) is 5. The van der Waals surface area contributed by atoms with E-state index < -0.39 is 18.1 Å². The first-order chi connectivity index (χ1) is 14.3. The second-order valence-corrected chi connectivity index (χ2v) is 7.60. The van der Waals surface area contributed by atoms with Gasteiger partial charge in [-0.3, -0.25) is 14.7 Å². The van der Waals surface area contributed by atoms with Crippen LogP contribution in [0.2, 0.25) is 0 Å². The number of aryl methyl sites for hydroxylation is 2. The molecule has 4 rings (SSSR count). The normalized spacial score (nSPS) is 18.7. The van der Waals surface area contributed by atoms with Crippen molar-refractivity contribution in [1.29, 1.82) is 0 Å². The van der Waals surface area contributed by atoms with Crippen molar-refractivity contribution in [2.45, 2.75) is 39.0 Å². The van der Waals surface area contributed by atoms with Crippen molar-refractivity contribution in [2.24, 2.45) is 5.73 Å². The second kappa shape index (κ2) is 7.69. The number of carbonyl (C=O) groups excluding carboxylic acids is 2. The zero-order valence-corrected chi connectivity index (χ0v) is 16.7. The molecule has 1 fully saturated rings. The number of benzene rings is 1. The van der Waals surface area contributed by atoms with Crippen LogP contribution in [0.15, 0.2) is 30.5 Å². The predicted molar refractivity (Wildman–Crippen MR) is 106 cm³/mol. The van der Waals surface area contributed by atoms with Crippen LogP contribution in [0.25, 0.3) is 11.3 Å². The van der Waals surface area contributed by atoms with E-state index in [-0.39, 0.29) is 31.1 Å². The van der Waals surface area contributed by atoms with Crippen LogP contribution in [0.5, 0.6) is 0 Å². The topological polar surface area (TPSA) is 123 Å². The molecule has 1 aliphatic rings. The molecule has 2 amide bonds. The maximum absolute atomic E-state index is 14.1. The van der Waals surface area contributed by atoms with E-state index in [4.69, 9.17) is 5.73 Å². The van der Waals surface area contributed by atoms with Crippen LogP contribution >= 0.6 is 0 Å². The lowest BCUT2D eigenvalue weighted by molar-refractivity contribution is 0.0708. The Kier molecular flexibility index (Phi) is 5.06. The molecule has 2 atom stereocenters. The zero-order chi connectivity index (χ0) is 21.4. The highest BCUT2D eigenvalue weighted by Gasteiger charge is 2.37. The lowest BCUT2D eigenvalue weighted by atomic mass is 10.0. The molecule has 156 valence electrons. The van der Waals surface area contributed by atoms with Gasteiger partial charge in [-0.1, -0.05) is 17.3 Å². The summed E-state index contributed by atoms with van der Waals surface area (Å²) in [6, 6.07) is 7.21. The van der Waals surface area contributed by atoms with Crippen molar-refractivity contribution in [3.8, 4) is 11.3 Å². The lowest BCUT2D eigenvalue weighted by Crippen LogP contribution is -2.38. The molecule has 2 unspecified atom stereocenters. The van der Waals surface area contributed by atoms with Gasteiger partial charge in [-0.25, -0.2) is 9.07 Å². The van der Waals surface area contributed by atoms with Gasteiger partial charge < -0.3 is 10.6 Å². The number of amides is 2. The summed E-state index contributed by atoms with van der Waals surface area (Å²) >= 11 is 0. The number of hydrogen-bond donors (Lipinski definition) is 2. The summed E-state index contributed by atoms with van der Waals surface area (Å²) in [7, 11) is 0. The highest BCUT2D eigenvalue weighted by molar-refractivity contribution is 5.94. The van der Waals surface area contributed by atoms with Crippen molar-refractivity contribution < 1.29 is 14.0 Å². The van der Waals surface area contributed by atoms with Gasteiger partial charge in [0.15, 0.2) is 5.69 Å². The first-order valence-corrected chi connectivity index (χ1v) is 9.60. The Morgan fingerprint density at radius 3 is 2.77 bits per heavy atom. The van der Waals surface area contributed by atoms with Crippen LogP contribution in [-0.4, -0.2) is 60.7 Å². The molecule has 0 radical (unpaired) electrons. The van der Waals surface area contributed by atoms with Crippen LogP contribution < -0.4 is 5.73 Å². The first kappa shape index (κ1) is 19.7. The minimum atomic E-state index is -1.14. The number of aromatic amines is 1. The van der Waals surface area contributed by atoms with Crippen molar-refractivity contribution >= 4 is 11.8 Å². The molecule has 3 heterocycles. The second-order valence-electron chi connectivity index (χ2n) is 7.60. The molecule has 0 saturated carbocycles. The molecule has 9 nitrogen and oxygen atoms in total. The quantitative estimate of drug-likeness (QED) is 0.661. The zero-order valence-electron chi connectivity index (χ0n) is 16.7. The standard InChI is InChI=1S/C20H22FN7O2/c1-11-3-4-13(5-12(11)2)16-7-17(24-23-16)20(30)28-8-14(21)6-15(28)9-27-10-18(19(22)29)25-26-27/h3-5,7,10,14-15H,6,8-9H2,1-2H3,(H2,22,29)(H,23,24). The van der Waals surface area contributed by atoms with Crippen LogP contribution in [0.4, 0.5) is 4.39 Å². The molecule has 1 saturated heterocycles. The highest BCUT2D eigenvalue weighted by Crippen LogP contribution is 2.26. The number of nitrogens with one attached hydrogen (secondary N) is 1. The Morgan fingerprint density at radius 1 is 1.27 bits per heavy atom. The van der Waals surface area contributed by atoms with Crippen LogP contribution in [0, 0.1) is 13.8 Å². The minimum Gasteiger partial charge on any atom is -0.364 e. The number of carbonyl (C=O) groups is 2. The Morgan fingerprint density at radius 2 is 2.07 bits per heavy atom. The van der Waals surface area contributed by atoms with E-state index in [0.29, 0.717) is 11.4 Å². The van der Waals surface area contributed by atoms with Gasteiger partial charge in [-0.15, -0.1) is 5.10 Å². The van der Waals surface area contributed by atoms with Crippen molar-refractivity contribution in [2.75, 3.05) is 6.54 Å². The number of alkyl halides is 1. The predicted octanol–water partition coefficient (Wildman–Crippen LogP) is 1.64. The van der Waals surface area contributed by atoms with E-state index in [2.05, 4.69) is 20.5 Å². The molecule has 1 aliphatic heterocycles. The van der Waals surface area contributed by atoms with E-state index in [1.807, 2.05) is 32.0 Å². The molecule has 0 spiro atoms.